The van der Waals surface area contributed by atoms with Crippen molar-refractivity contribution >= 4 is 29.8 Å². The maximum Gasteiger partial charge on any atom is 0.559 e. The maximum atomic E-state index is 10.8. The molecule has 8 heteroatoms. The van der Waals surface area contributed by atoms with Crippen molar-refractivity contribution < 1.29 is 14.5 Å². The number of carbonyl (C=O) groups excluding carboxylic acids is 1. The minimum atomic E-state index is -0.879. The van der Waals surface area contributed by atoms with E-state index in [0.717, 1.165) is 11.4 Å². The standard InChI is InChI=1S/C5H8N4O3S/c1-2-8-4(13)9(3-7-6)12-5(10)11-8/h3H,2,6H2,1H3/b7-3+. The Hall–Kier alpha value is -1.57. The van der Waals surface area contributed by atoms with E-state index >= 15 is 0 Å². The fourth-order valence-electron chi connectivity index (χ4n) is 0.708. The molecule has 72 valence electrons. The summed E-state index contributed by atoms with van der Waals surface area (Å²) in [4.78, 5) is 19.9. The van der Waals surface area contributed by atoms with Gasteiger partial charge >= 0.3 is 6.16 Å². The molecule has 0 radical (unpaired) electrons. The molecule has 1 fully saturated rings. The lowest BCUT2D eigenvalue weighted by Crippen LogP contribution is -2.49. The summed E-state index contributed by atoms with van der Waals surface area (Å²) >= 11 is 4.87. The highest BCUT2D eigenvalue weighted by atomic mass is 32.1. The van der Waals surface area contributed by atoms with Crippen LogP contribution in [0.2, 0.25) is 0 Å². The third-order valence-electron chi connectivity index (χ3n) is 1.22. The molecule has 0 amide bonds. The van der Waals surface area contributed by atoms with Gasteiger partial charge in [0.15, 0.2) is 6.34 Å². The Labute approximate surface area is 79.6 Å². The zero-order valence-corrected chi connectivity index (χ0v) is 7.65. The highest BCUT2D eigenvalue weighted by molar-refractivity contribution is 7.80. The van der Waals surface area contributed by atoms with Crippen molar-refractivity contribution in [3.05, 3.63) is 0 Å². The first kappa shape index (κ1) is 9.52. The first-order valence-corrected chi connectivity index (χ1v) is 3.84. The van der Waals surface area contributed by atoms with E-state index in [1.165, 1.54) is 5.06 Å². The van der Waals surface area contributed by atoms with Gasteiger partial charge in [-0.1, -0.05) is 0 Å². The highest BCUT2D eigenvalue weighted by Gasteiger charge is 2.29. The first-order valence-electron chi connectivity index (χ1n) is 3.43. The molecule has 0 atom stereocenters. The van der Waals surface area contributed by atoms with Crippen molar-refractivity contribution in [3.8, 4) is 0 Å². The predicted octanol–water partition coefficient (Wildman–Crippen LogP) is -0.206. The van der Waals surface area contributed by atoms with Gasteiger partial charge in [0.2, 0.25) is 5.11 Å². The molecule has 0 aromatic rings. The number of carbonyl (C=O) groups is 1. The molecule has 1 saturated heterocycles. The van der Waals surface area contributed by atoms with Crippen LogP contribution >= 0.6 is 12.2 Å². The third-order valence-corrected chi connectivity index (χ3v) is 1.60. The van der Waals surface area contributed by atoms with Gasteiger partial charge in [-0.2, -0.15) is 15.0 Å². The summed E-state index contributed by atoms with van der Waals surface area (Å²) < 4.78 is 0. The highest BCUT2D eigenvalue weighted by Crippen LogP contribution is 2.08. The lowest BCUT2D eigenvalue weighted by molar-refractivity contribution is -0.156. The SMILES string of the molecule is CCN1OC(=O)ON(/C=N/N)C1=S. The second-order valence-corrected chi connectivity index (χ2v) is 2.37. The second-order valence-electron chi connectivity index (χ2n) is 2.00. The average molecular weight is 204 g/mol. The van der Waals surface area contributed by atoms with Crippen LogP contribution in [0.5, 0.6) is 0 Å². The van der Waals surface area contributed by atoms with E-state index in [1.807, 2.05) is 0 Å². The minimum Gasteiger partial charge on any atom is -0.322 e. The molecule has 0 spiro atoms. The van der Waals surface area contributed by atoms with E-state index in [1.54, 1.807) is 6.92 Å². The molecule has 0 aromatic heterocycles. The average Bonchev–Trinajstić information content (AvgIpc) is 2.11. The van der Waals surface area contributed by atoms with Crippen molar-refractivity contribution in [1.29, 1.82) is 0 Å². The number of hydrogen-bond donors (Lipinski definition) is 1. The Morgan fingerprint density at radius 2 is 2.38 bits per heavy atom. The Kier molecular flexibility index (Phi) is 2.85. The van der Waals surface area contributed by atoms with Gasteiger partial charge in [0.1, 0.15) is 0 Å². The molecule has 1 aliphatic heterocycles. The van der Waals surface area contributed by atoms with Crippen LogP contribution in [0.4, 0.5) is 4.79 Å². The number of nitrogens with zero attached hydrogens (tertiary/aromatic N) is 3. The van der Waals surface area contributed by atoms with E-state index in [-0.39, 0.29) is 5.11 Å². The van der Waals surface area contributed by atoms with Crippen molar-refractivity contribution in [3.63, 3.8) is 0 Å². The van der Waals surface area contributed by atoms with Crippen LogP contribution in [-0.2, 0) is 9.68 Å². The van der Waals surface area contributed by atoms with Crippen LogP contribution in [0.3, 0.4) is 0 Å². The molecule has 0 unspecified atom stereocenters. The van der Waals surface area contributed by atoms with Gasteiger partial charge in [-0.25, -0.2) is 0 Å². The Morgan fingerprint density at radius 1 is 1.69 bits per heavy atom. The van der Waals surface area contributed by atoms with Gasteiger partial charge in [0.25, 0.3) is 0 Å². The van der Waals surface area contributed by atoms with E-state index < -0.39 is 6.16 Å². The monoisotopic (exact) mass is 204 g/mol. The normalized spacial score (nSPS) is 17.6. The van der Waals surface area contributed by atoms with Gasteiger partial charge in [0.05, 0.1) is 6.54 Å². The summed E-state index contributed by atoms with van der Waals surface area (Å²) in [6, 6.07) is 0. The summed E-state index contributed by atoms with van der Waals surface area (Å²) in [5.74, 6) is 4.87. The fraction of sp³-hybridized carbons (Fsp3) is 0.400. The molecule has 7 nitrogen and oxygen atoms in total. The van der Waals surface area contributed by atoms with Gasteiger partial charge in [-0.3, -0.25) is 4.84 Å². The number of nitrogens with two attached hydrogens (primary N) is 1. The maximum absolute atomic E-state index is 10.8. The number of hydroxylamine groups is 4. The van der Waals surface area contributed by atoms with Crippen LogP contribution < -0.4 is 5.84 Å². The smallest absolute Gasteiger partial charge is 0.322 e. The summed E-state index contributed by atoms with van der Waals surface area (Å²) in [6.45, 7) is 2.19. The Balaban J connectivity index is 2.74. The molecule has 1 heterocycles. The van der Waals surface area contributed by atoms with E-state index in [4.69, 9.17) is 18.1 Å². The number of rotatable bonds is 2. The van der Waals surface area contributed by atoms with Gasteiger partial charge in [-0.05, 0) is 19.1 Å². The zero-order valence-electron chi connectivity index (χ0n) is 6.84. The number of hydrazone groups is 1. The van der Waals surface area contributed by atoms with Crippen molar-refractivity contribution in [1.82, 2.24) is 10.1 Å². The fourth-order valence-corrected chi connectivity index (χ4v) is 0.959. The molecule has 0 aliphatic carbocycles. The molecule has 0 aromatic carbocycles. The molecule has 0 saturated carbocycles. The summed E-state index contributed by atoms with van der Waals surface area (Å²) in [6.07, 6.45) is 0.196. The molecule has 0 bridgehead atoms. The van der Waals surface area contributed by atoms with Crippen molar-refractivity contribution in [2.24, 2.45) is 10.9 Å². The Bertz CT molecular complexity index is 256. The molecular weight excluding hydrogens is 196 g/mol. The van der Waals surface area contributed by atoms with E-state index in [0.29, 0.717) is 6.54 Å². The number of thiocarbonyl (C=S) groups is 1. The van der Waals surface area contributed by atoms with Gasteiger partial charge in [-0.15, -0.1) is 5.06 Å². The lowest BCUT2D eigenvalue weighted by atomic mass is 10.7. The second kappa shape index (κ2) is 3.90. The first-order chi connectivity index (χ1) is 6.19. The van der Waals surface area contributed by atoms with Crippen LogP contribution in [0.25, 0.3) is 0 Å². The predicted molar refractivity (Wildman–Crippen MR) is 47.1 cm³/mol. The van der Waals surface area contributed by atoms with E-state index in [2.05, 4.69) is 14.8 Å². The van der Waals surface area contributed by atoms with E-state index in [9.17, 15) is 4.79 Å². The lowest BCUT2D eigenvalue weighted by Gasteiger charge is -2.30. The van der Waals surface area contributed by atoms with Crippen LogP contribution in [0.1, 0.15) is 6.92 Å². The summed E-state index contributed by atoms with van der Waals surface area (Å²) in [5.41, 5.74) is 0. The van der Waals surface area contributed by atoms with Gasteiger partial charge in [0, 0.05) is 0 Å². The summed E-state index contributed by atoms with van der Waals surface area (Å²) in [5, 5.41) is 5.46. The Morgan fingerprint density at radius 3 is 2.92 bits per heavy atom. The third kappa shape index (κ3) is 1.96. The van der Waals surface area contributed by atoms with Crippen molar-refractivity contribution in [2.75, 3.05) is 6.54 Å². The molecule has 1 rings (SSSR count). The van der Waals surface area contributed by atoms with Gasteiger partial charge < -0.3 is 10.7 Å². The summed E-state index contributed by atoms with van der Waals surface area (Å²) in [7, 11) is 0. The molecule has 1 aliphatic rings. The zero-order chi connectivity index (χ0) is 9.84. The topological polar surface area (TPSA) is 80.4 Å². The molecular formula is C5H8N4O3S. The molecule has 13 heavy (non-hydrogen) atoms. The quantitative estimate of drug-likeness (QED) is 0.219. The molecule has 2 N–H and O–H groups in total. The minimum absolute atomic E-state index is 0.163. The number of hydrogen-bond acceptors (Lipinski definition) is 6. The van der Waals surface area contributed by atoms with Crippen molar-refractivity contribution in [2.45, 2.75) is 6.92 Å². The van der Waals surface area contributed by atoms with Crippen LogP contribution in [0.15, 0.2) is 5.10 Å². The van der Waals surface area contributed by atoms with Crippen LogP contribution in [-0.4, -0.2) is 34.3 Å². The van der Waals surface area contributed by atoms with Crippen LogP contribution in [0, 0.1) is 0 Å². The largest absolute Gasteiger partial charge is 0.559 e.